The maximum absolute atomic E-state index is 5.48. The van der Waals surface area contributed by atoms with Crippen molar-refractivity contribution in [2.45, 2.75) is 0 Å². The zero-order valence-corrected chi connectivity index (χ0v) is 7.88. The average Bonchev–Trinajstić information content (AvgIpc) is 2.62. The van der Waals surface area contributed by atoms with Crippen LogP contribution in [0.4, 0.5) is 0 Å². The molecule has 0 radical (unpaired) electrons. The monoisotopic (exact) mass is 191 g/mol. The van der Waals surface area contributed by atoms with E-state index in [1.807, 2.05) is 24.4 Å². The van der Waals surface area contributed by atoms with E-state index in [1.54, 1.807) is 6.08 Å². The maximum Gasteiger partial charge on any atom is 0.139 e. The predicted molar refractivity (Wildman–Crippen MR) is 55.3 cm³/mol. The third-order valence-electron chi connectivity index (χ3n) is 1.70. The molecule has 1 aromatic carbocycles. The summed E-state index contributed by atoms with van der Waals surface area (Å²) in [4.78, 5) is 0. The van der Waals surface area contributed by atoms with Gasteiger partial charge in [-0.1, -0.05) is 24.8 Å². The summed E-state index contributed by atoms with van der Waals surface area (Å²) in [5.41, 5.74) is 0. The molecule has 0 bridgehead atoms. The molecule has 0 saturated carbocycles. The smallest absolute Gasteiger partial charge is 0.139 e. The fraction of sp³-hybridized carbons (Fsp3) is 0.100. The number of hydrogen-bond donors (Lipinski definition) is 0. The molecule has 0 aliphatic rings. The van der Waals surface area contributed by atoms with E-state index in [-0.39, 0.29) is 0 Å². The summed E-state index contributed by atoms with van der Waals surface area (Å²) in [7, 11) is 0. The van der Waals surface area contributed by atoms with Crippen LogP contribution in [-0.4, -0.2) is 11.0 Å². The summed E-state index contributed by atoms with van der Waals surface area (Å²) >= 11 is 1.46. The lowest BCUT2D eigenvalue weighted by atomic mass is 10.3. The van der Waals surface area contributed by atoms with Gasteiger partial charge < -0.3 is 4.74 Å². The molecule has 2 aromatic rings. The van der Waals surface area contributed by atoms with E-state index in [0.29, 0.717) is 6.61 Å². The Morgan fingerprint density at radius 2 is 2.46 bits per heavy atom. The van der Waals surface area contributed by atoms with Crippen molar-refractivity contribution in [1.82, 2.24) is 4.37 Å². The first-order valence-electron chi connectivity index (χ1n) is 3.99. The van der Waals surface area contributed by atoms with E-state index in [0.717, 1.165) is 15.8 Å². The topological polar surface area (TPSA) is 22.1 Å². The number of nitrogens with zero attached hydrogens (tertiary/aromatic N) is 1. The lowest BCUT2D eigenvalue weighted by Crippen LogP contribution is -1.91. The zero-order chi connectivity index (χ0) is 9.10. The van der Waals surface area contributed by atoms with Gasteiger partial charge in [-0.2, -0.15) is 4.37 Å². The largest absolute Gasteiger partial charge is 0.488 e. The second kappa shape index (κ2) is 3.58. The van der Waals surface area contributed by atoms with Crippen molar-refractivity contribution in [3.8, 4) is 5.75 Å². The second-order valence-corrected chi connectivity index (χ2v) is 3.40. The van der Waals surface area contributed by atoms with Crippen LogP contribution in [0.3, 0.4) is 0 Å². The summed E-state index contributed by atoms with van der Waals surface area (Å²) in [5.74, 6) is 0.889. The third-order valence-corrected chi connectivity index (χ3v) is 2.53. The molecule has 3 heteroatoms. The first kappa shape index (κ1) is 8.26. The fourth-order valence-electron chi connectivity index (χ4n) is 1.13. The standard InChI is InChI=1S/C10H9NOS/c1-2-6-12-9-5-3-4-8-7-11-13-10(8)9/h2-5,7H,1,6H2. The Bertz CT molecular complexity index is 422. The molecule has 0 unspecified atom stereocenters. The van der Waals surface area contributed by atoms with Crippen LogP contribution in [0.25, 0.3) is 10.1 Å². The van der Waals surface area contributed by atoms with E-state index in [9.17, 15) is 0 Å². The molecule has 1 heterocycles. The van der Waals surface area contributed by atoms with Crippen molar-refractivity contribution in [3.63, 3.8) is 0 Å². The van der Waals surface area contributed by atoms with Gasteiger partial charge in [-0.25, -0.2) is 0 Å². The first-order valence-corrected chi connectivity index (χ1v) is 4.76. The molecule has 0 saturated heterocycles. The van der Waals surface area contributed by atoms with Crippen molar-refractivity contribution < 1.29 is 4.74 Å². The van der Waals surface area contributed by atoms with Gasteiger partial charge in [0.1, 0.15) is 12.4 Å². The van der Waals surface area contributed by atoms with E-state index in [2.05, 4.69) is 11.0 Å². The Balaban J connectivity index is 2.42. The molecule has 0 spiro atoms. The van der Waals surface area contributed by atoms with Gasteiger partial charge in [-0.05, 0) is 17.6 Å². The van der Waals surface area contributed by atoms with Crippen LogP contribution in [0.5, 0.6) is 5.75 Å². The van der Waals surface area contributed by atoms with Crippen LogP contribution in [0, 0.1) is 0 Å². The van der Waals surface area contributed by atoms with Gasteiger partial charge in [-0.15, -0.1) is 0 Å². The molecule has 0 aliphatic heterocycles. The summed E-state index contributed by atoms with van der Waals surface area (Å²) in [6.45, 7) is 4.14. The lowest BCUT2D eigenvalue weighted by molar-refractivity contribution is 0.368. The highest BCUT2D eigenvalue weighted by Gasteiger charge is 2.02. The molecule has 0 amide bonds. The van der Waals surface area contributed by atoms with Gasteiger partial charge in [0.2, 0.25) is 0 Å². The molecule has 0 atom stereocenters. The van der Waals surface area contributed by atoms with Crippen LogP contribution in [0.15, 0.2) is 37.1 Å². The highest BCUT2D eigenvalue weighted by molar-refractivity contribution is 7.13. The van der Waals surface area contributed by atoms with E-state index in [4.69, 9.17) is 4.74 Å². The molecule has 0 aliphatic carbocycles. The van der Waals surface area contributed by atoms with Crippen LogP contribution in [0.1, 0.15) is 0 Å². The van der Waals surface area contributed by atoms with Gasteiger partial charge in [0.15, 0.2) is 0 Å². The minimum atomic E-state index is 0.539. The lowest BCUT2D eigenvalue weighted by Gasteiger charge is -2.02. The number of ether oxygens (including phenoxy) is 1. The molecule has 66 valence electrons. The number of fused-ring (bicyclic) bond motifs is 1. The molecular formula is C10H9NOS. The number of rotatable bonds is 3. The Hall–Kier alpha value is -1.35. The minimum absolute atomic E-state index is 0.539. The average molecular weight is 191 g/mol. The van der Waals surface area contributed by atoms with Crippen LogP contribution in [-0.2, 0) is 0 Å². The van der Waals surface area contributed by atoms with Crippen LogP contribution >= 0.6 is 11.5 Å². The summed E-state index contributed by atoms with van der Waals surface area (Å²) < 4.78 is 10.7. The Morgan fingerprint density at radius 1 is 1.54 bits per heavy atom. The molecule has 1 aromatic heterocycles. The SMILES string of the molecule is C=CCOc1cccc2cnsc12. The van der Waals surface area contributed by atoms with Crippen molar-refractivity contribution in [3.05, 3.63) is 37.1 Å². The second-order valence-electron chi connectivity index (χ2n) is 2.60. The zero-order valence-electron chi connectivity index (χ0n) is 7.06. The maximum atomic E-state index is 5.48. The molecule has 2 nitrogen and oxygen atoms in total. The summed E-state index contributed by atoms with van der Waals surface area (Å²) in [5, 5.41) is 1.13. The molecular weight excluding hydrogens is 182 g/mol. The van der Waals surface area contributed by atoms with Crippen LogP contribution < -0.4 is 4.74 Å². The van der Waals surface area contributed by atoms with Gasteiger partial charge in [-0.3, -0.25) is 0 Å². The van der Waals surface area contributed by atoms with Crippen molar-refractivity contribution in [2.75, 3.05) is 6.61 Å². The summed E-state index contributed by atoms with van der Waals surface area (Å²) in [6.07, 6.45) is 3.58. The number of hydrogen-bond acceptors (Lipinski definition) is 3. The van der Waals surface area contributed by atoms with Crippen molar-refractivity contribution in [2.24, 2.45) is 0 Å². The summed E-state index contributed by atoms with van der Waals surface area (Å²) in [6, 6.07) is 5.94. The predicted octanol–water partition coefficient (Wildman–Crippen LogP) is 2.86. The Kier molecular flexibility index (Phi) is 2.27. The van der Waals surface area contributed by atoms with E-state index in [1.165, 1.54) is 11.5 Å². The molecule has 13 heavy (non-hydrogen) atoms. The third kappa shape index (κ3) is 1.55. The Morgan fingerprint density at radius 3 is 3.31 bits per heavy atom. The normalized spacial score (nSPS) is 10.2. The molecule has 0 fully saturated rings. The van der Waals surface area contributed by atoms with Crippen molar-refractivity contribution in [1.29, 1.82) is 0 Å². The van der Waals surface area contributed by atoms with Gasteiger partial charge in [0.25, 0.3) is 0 Å². The highest BCUT2D eigenvalue weighted by Crippen LogP contribution is 2.28. The number of aromatic nitrogens is 1. The Labute approximate surface area is 80.6 Å². The quantitative estimate of drug-likeness (QED) is 0.696. The van der Waals surface area contributed by atoms with E-state index >= 15 is 0 Å². The van der Waals surface area contributed by atoms with Gasteiger partial charge in [0, 0.05) is 11.6 Å². The first-order chi connectivity index (χ1) is 6.42. The highest BCUT2D eigenvalue weighted by atomic mass is 32.1. The fourth-order valence-corrected chi connectivity index (χ4v) is 1.85. The van der Waals surface area contributed by atoms with Gasteiger partial charge in [0.05, 0.1) is 4.70 Å². The molecule has 0 N–H and O–H groups in total. The van der Waals surface area contributed by atoms with Crippen molar-refractivity contribution >= 4 is 21.6 Å². The minimum Gasteiger partial charge on any atom is -0.488 e. The van der Waals surface area contributed by atoms with Crippen LogP contribution in [0.2, 0.25) is 0 Å². The van der Waals surface area contributed by atoms with E-state index < -0.39 is 0 Å². The van der Waals surface area contributed by atoms with Gasteiger partial charge >= 0.3 is 0 Å². The molecule has 2 rings (SSSR count). The number of benzene rings is 1.